The lowest BCUT2D eigenvalue weighted by atomic mass is 10.1. The van der Waals surface area contributed by atoms with E-state index in [1.54, 1.807) is 11.9 Å². The second-order valence-corrected chi connectivity index (χ2v) is 9.47. The fourth-order valence-corrected chi connectivity index (χ4v) is 4.01. The van der Waals surface area contributed by atoms with E-state index in [9.17, 15) is 0 Å². The third kappa shape index (κ3) is 4.20. The molecule has 0 saturated carbocycles. The van der Waals surface area contributed by atoms with Crippen LogP contribution in [0.25, 0.3) is 33.5 Å². The topological polar surface area (TPSA) is 56.8 Å². The highest BCUT2D eigenvalue weighted by molar-refractivity contribution is 7.97. The van der Waals surface area contributed by atoms with Crippen molar-refractivity contribution in [3.05, 3.63) is 60.9 Å². The van der Waals surface area contributed by atoms with Gasteiger partial charge in [0.1, 0.15) is 5.52 Å². The van der Waals surface area contributed by atoms with Gasteiger partial charge in [-0.15, -0.1) is 0 Å². The van der Waals surface area contributed by atoms with E-state index in [0.29, 0.717) is 0 Å². The van der Waals surface area contributed by atoms with E-state index >= 15 is 0 Å². The van der Waals surface area contributed by atoms with Crippen LogP contribution < -0.4 is 5.32 Å². The van der Waals surface area contributed by atoms with Crippen LogP contribution in [0.1, 0.15) is 20.8 Å². The minimum atomic E-state index is 0.0870. The van der Waals surface area contributed by atoms with Gasteiger partial charge in [-0.05, 0) is 69.6 Å². The maximum Gasteiger partial charge on any atom is 0.156 e. The molecule has 2 aromatic carbocycles. The Hall–Kier alpha value is -2.83. The number of hydrogen-bond acceptors (Lipinski definition) is 5. The molecule has 0 atom stereocenters. The molecule has 6 heteroatoms. The monoisotopic (exact) mass is 417 g/mol. The fraction of sp³-hybridized carbons (Fsp3) is 0.250. The van der Waals surface area contributed by atoms with Gasteiger partial charge in [-0.3, -0.25) is 0 Å². The molecule has 4 aromatic rings. The first-order chi connectivity index (χ1) is 14.3. The van der Waals surface area contributed by atoms with Crippen LogP contribution in [0.2, 0.25) is 0 Å². The van der Waals surface area contributed by atoms with E-state index in [2.05, 4.69) is 83.8 Å². The lowest BCUT2D eigenvalue weighted by molar-refractivity contribution is 0.319. The van der Waals surface area contributed by atoms with E-state index in [1.165, 1.54) is 4.90 Å². The number of nitrogens with one attached hydrogen (secondary N) is 2. The Bertz CT molecular complexity index is 1180. The largest absolute Gasteiger partial charge is 0.388 e. The molecule has 0 saturated heterocycles. The maximum absolute atomic E-state index is 4.95. The van der Waals surface area contributed by atoms with Crippen molar-refractivity contribution in [1.29, 1.82) is 0 Å². The van der Waals surface area contributed by atoms with E-state index < -0.39 is 0 Å². The second-order valence-electron chi connectivity index (χ2n) is 8.27. The summed E-state index contributed by atoms with van der Waals surface area (Å²) in [6.45, 7) is 6.64. The van der Waals surface area contributed by atoms with E-state index in [-0.39, 0.29) is 5.54 Å². The number of H-pyrrole nitrogens is 1. The molecule has 154 valence electrons. The second kappa shape index (κ2) is 8.13. The first-order valence-electron chi connectivity index (χ1n) is 10.00. The van der Waals surface area contributed by atoms with Gasteiger partial charge >= 0.3 is 0 Å². The molecule has 0 aliphatic carbocycles. The summed E-state index contributed by atoms with van der Waals surface area (Å²) < 4.78 is 2.27. The van der Waals surface area contributed by atoms with Crippen LogP contribution in [0.4, 0.5) is 5.69 Å². The van der Waals surface area contributed by atoms with Crippen molar-refractivity contribution in [2.75, 3.05) is 19.4 Å². The van der Waals surface area contributed by atoms with Crippen LogP contribution in [0.15, 0.2) is 65.8 Å². The first-order valence-corrected chi connectivity index (χ1v) is 10.8. The minimum absolute atomic E-state index is 0.0870. The van der Waals surface area contributed by atoms with Crippen molar-refractivity contribution in [2.24, 2.45) is 0 Å². The number of rotatable bonds is 5. The smallest absolute Gasteiger partial charge is 0.156 e. The van der Waals surface area contributed by atoms with E-state index in [4.69, 9.17) is 4.98 Å². The van der Waals surface area contributed by atoms with Gasteiger partial charge in [0.15, 0.2) is 5.65 Å². The number of benzene rings is 2. The molecule has 4 rings (SSSR count). The van der Waals surface area contributed by atoms with Crippen molar-refractivity contribution < 1.29 is 0 Å². The van der Waals surface area contributed by atoms with Crippen molar-refractivity contribution in [2.45, 2.75) is 31.2 Å². The van der Waals surface area contributed by atoms with Gasteiger partial charge in [-0.25, -0.2) is 14.3 Å². The van der Waals surface area contributed by atoms with Crippen LogP contribution in [0.5, 0.6) is 0 Å². The highest BCUT2D eigenvalue weighted by Gasteiger charge is 2.18. The summed E-state index contributed by atoms with van der Waals surface area (Å²) in [5.74, 6) is 0. The van der Waals surface area contributed by atoms with Crippen LogP contribution >= 0.6 is 11.9 Å². The quantitative estimate of drug-likeness (QED) is 0.386. The molecule has 0 fully saturated rings. The molecule has 0 spiro atoms. The lowest BCUT2D eigenvalue weighted by Gasteiger charge is -2.30. The summed E-state index contributed by atoms with van der Waals surface area (Å²) in [7, 11) is 4.04. The molecular formula is C24H27N5S. The molecule has 30 heavy (non-hydrogen) atoms. The molecular weight excluding hydrogens is 390 g/mol. The fourth-order valence-electron chi connectivity index (χ4n) is 3.10. The van der Waals surface area contributed by atoms with E-state index in [0.717, 1.165) is 39.2 Å². The number of hydrogen-bond donors (Lipinski definition) is 2. The van der Waals surface area contributed by atoms with Crippen molar-refractivity contribution in [3.63, 3.8) is 0 Å². The summed E-state index contributed by atoms with van der Waals surface area (Å²) in [6, 6.07) is 16.8. The average Bonchev–Trinajstić information content (AvgIpc) is 3.16. The molecule has 2 N–H and O–H groups in total. The Morgan fingerprint density at radius 2 is 1.80 bits per heavy atom. The van der Waals surface area contributed by atoms with Gasteiger partial charge in [0.2, 0.25) is 0 Å². The zero-order valence-corrected chi connectivity index (χ0v) is 18.8. The number of nitrogens with zero attached hydrogens (tertiary/aromatic N) is 3. The van der Waals surface area contributed by atoms with Gasteiger partial charge in [0.05, 0.1) is 11.9 Å². The van der Waals surface area contributed by atoms with Crippen molar-refractivity contribution in [3.8, 4) is 22.4 Å². The molecule has 0 radical (unpaired) electrons. The van der Waals surface area contributed by atoms with Gasteiger partial charge in [-0.1, -0.05) is 24.3 Å². The zero-order chi connectivity index (χ0) is 21.3. The van der Waals surface area contributed by atoms with Crippen LogP contribution in [0.3, 0.4) is 0 Å². The molecule has 5 nitrogen and oxygen atoms in total. The number of anilines is 1. The van der Waals surface area contributed by atoms with E-state index in [1.807, 2.05) is 31.6 Å². The first kappa shape index (κ1) is 20.4. The maximum atomic E-state index is 4.95. The normalized spacial score (nSPS) is 11.9. The molecule has 2 heterocycles. The molecule has 2 aromatic heterocycles. The predicted molar refractivity (Wildman–Crippen MR) is 128 cm³/mol. The standard InChI is InChI=1S/C24H27N5S/c1-24(2,3)29(5)30-19-11-7-8-16(13-19)20-14-26-23-22(20)28-21(15-27-23)17-9-6-10-18(12-17)25-4/h6-15,25H,1-5H3,(H,26,27). The lowest BCUT2D eigenvalue weighted by Crippen LogP contribution is -2.32. The van der Waals surface area contributed by atoms with Crippen LogP contribution in [-0.2, 0) is 0 Å². The molecule has 0 amide bonds. The van der Waals surface area contributed by atoms with Crippen LogP contribution in [-0.4, -0.2) is 38.9 Å². The molecule has 0 bridgehead atoms. The molecule has 0 aliphatic heterocycles. The summed E-state index contributed by atoms with van der Waals surface area (Å²) in [5, 5.41) is 3.18. The highest BCUT2D eigenvalue weighted by Crippen LogP contribution is 2.33. The minimum Gasteiger partial charge on any atom is -0.388 e. The zero-order valence-electron chi connectivity index (χ0n) is 18.0. The Labute approximate surface area is 182 Å². The predicted octanol–water partition coefficient (Wildman–Crippen LogP) is 6.07. The average molecular weight is 418 g/mol. The third-order valence-electron chi connectivity index (χ3n) is 5.16. The highest BCUT2D eigenvalue weighted by atomic mass is 32.2. The summed E-state index contributed by atoms with van der Waals surface area (Å²) >= 11 is 1.75. The Balaban J connectivity index is 1.72. The number of fused-ring (bicyclic) bond motifs is 1. The third-order valence-corrected chi connectivity index (χ3v) is 6.45. The van der Waals surface area contributed by atoms with Gasteiger partial charge in [-0.2, -0.15) is 0 Å². The molecule has 0 aliphatic rings. The summed E-state index contributed by atoms with van der Waals surface area (Å²) in [5.41, 5.74) is 6.91. The van der Waals surface area contributed by atoms with Crippen molar-refractivity contribution in [1.82, 2.24) is 19.3 Å². The summed E-state index contributed by atoms with van der Waals surface area (Å²) in [6.07, 6.45) is 3.82. The molecule has 0 unspecified atom stereocenters. The number of aromatic nitrogens is 3. The SMILES string of the molecule is CNc1cccc(-c2cnc3[nH]cc(-c4cccc(SN(C)C(C)(C)C)c4)c3n2)c1. The summed E-state index contributed by atoms with van der Waals surface area (Å²) in [4.78, 5) is 14.0. The van der Waals surface area contributed by atoms with Crippen molar-refractivity contribution >= 4 is 28.8 Å². The Morgan fingerprint density at radius 1 is 1.03 bits per heavy atom. The van der Waals surface area contributed by atoms with Gasteiger partial charge in [0, 0.05) is 40.5 Å². The Kier molecular flexibility index (Phi) is 5.54. The Morgan fingerprint density at radius 3 is 2.57 bits per heavy atom. The van der Waals surface area contributed by atoms with Crippen LogP contribution in [0, 0.1) is 0 Å². The van der Waals surface area contributed by atoms with Gasteiger partial charge < -0.3 is 10.3 Å². The van der Waals surface area contributed by atoms with Gasteiger partial charge in [0.25, 0.3) is 0 Å². The number of aromatic amines is 1.